The fraction of sp³-hybridized carbons (Fsp3) is 0. The van der Waals surface area contributed by atoms with Crippen molar-refractivity contribution in [1.82, 2.24) is 0 Å². The third-order valence-electron chi connectivity index (χ3n) is 0.313. The molecule has 0 aromatic rings. The van der Waals surface area contributed by atoms with Crippen LogP contribution in [-0.4, -0.2) is 0 Å². The maximum absolute atomic E-state index is 8.27. The zero-order valence-electron chi connectivity index (χ0n) is 4.42. The number of hydrogen-bond donors (Lipinski definition) is 2. The molecule has 0 bridgehead atoms. The molecule has 0 aromatic carbocycles. The van der Waals surface area contributed by atoms with Crippen molar-refractivity contribution >= 4 is 60.9 Å². The highest BCUT2D eigenvalue weighted by Gasteiger charge is 2.27. The third kappa shape index (κ3) is 5.83. The largest absolute Gasteiger partial charge is 0.348 e. The van der Waals surface area contributed by atoms with Crippen LogP contribution in [0.3, 0.4) is 0 Å². The van der Waals surface area contributed by atoms with Crippen LogP contribution in [0.1, 0.15) is 0 Å². The number of nitrogens with zero attached hydrogens (tertiary/aromatic N) is 2. The van der Waals surface area contributed by atoms with Crippen molar-refractivity contribution in [3.63, 3.8) is 0 Å². The van der Waals surface area contributed by atoms with Crippen LogP contribution in [0.25, 0.3) is 0 Å². The summed E-state index contributed by atoms with van der Waals surface area (Å²) in [4.78, 5) is 0. The van der Waals surface area contributed by atoms with E-state index in [1.54, 1.807) is 0 Å². The van der Waals surface area contributed by atoms with E-state index >= 15 is 0 Å². The second kappa shape index (κ2) is 6.77. The van der Waals surface area contributed by atoms with E-state index < -0.39 is 17.9 Å². The highest BCUT2D eigenvalue weighted by atomic mass is 33.9. The minimum absolute atomic E-state index is 0.613. The molecule has 0 heterocycles. The highest BCUT2D eigenvalue weighted by Crippen LogP contribution is 2.39. The van der Waals surface area contributed by atoms with Crippen LogP contribution in [0.4, 0.5) is 0 Å². The van der Waals surface area contributed by atoms with Gasteiger partial charge in [-0.3, -0.25) is 0 Å². The van der Waals surface area contributed by atoms with Crippen molar-refractivity contribution in [2.45, 2.75) is 0 Å². The number of rotatable bonds is 3. The minimum Gasteiger partial charge on any atom is -0.134 e. The first kappa shape index (κ1) is 11.1. The molecule has 0 aliphatic heterocycles. The molecule has 0 rings (SSSR count). The van der Waals surface area contributed by atoms with Crippen molar-refractivity contribution in [3.8, 4) is 10.8 Å². The Balaban J connectivity index is 3.40. The third-order valence-corrected chi connectivity index (χ3v) is 10.4. The quantitative estimate of drug-likeness (QED) is 0.346. The van der Waals surface area contributed by atoms with Crippen molar-refractivity contribution in [1.29, 1.82) is 10.5 Å². The summed E-state index contributed by atoms with van der Waals surface area (Å²) in [6, 6.07) is 0. The van der Waals surface area contributed by atoms with Crippen LogP contribution >= 0.6 is 43.0 Å². The fourth-order valence-corrected chi connectivity index (χ4v) is 9.11. The van der Waals surface area contributed by atoms with Gasteiger partial charge in [0.05, 0.1) is 0 Å². The van der Waals surface area contributed by atoms with E-state index in [9.17, 15) is 0 Å². The first-order chi connectivity index (χ1) is 4.70. The Labute approximate surface area is 81.6 Å². The maximum Gasteiger partial charge on any atom is 0.348 e. The van der Waals surface area contributed by atoms with E-state index in [4.69, 9.17) is 10.5 Å². The van der Waals surface area contributed by atoms with Gasteiger partial charge in [-0.15, -0.1) is 10.5 Å². The smallest absolute Gasteiger partial charge is 0.134 e. The Morgan fingerprint density at radius 2 is 1.30 bits per heavy atom. The summed E-state index contributed by atoms with van der Waals surface area (Å²) < 4.78 is 0. The lowest BCUT2D eigenvalue weighted by Crippen LogP contribution is -1.76. The first-order valence-corrected chi connectivity index (χ1v) is 9.46. The molecule has 10 heavy (non-hydrogen) atoms. The van der Waals surface area contributed by atoms with E-state index in [-0.39, 0.29) is 0 Å². The second-order valence-corrected chi connectivity index (χ2v) is 11.4. The van der Waals surface area contributed by atoms with E-state index in [2.05, 4.69) is 23.3 Å². The lowest BCUT2D eigenvalue weighted by molar-refractivity contribution is 1.57. The standard InChI is InChI=1S/C2H2N2S6/c3-1-9(5)7-8-10(6)2-4/h5-6H/q+2. The average molecular weight is 246 g/mol. The van der Waals surface area contributed by atoms with E-state index in [0.29, 0.717) is 0 Å². The van der Waals surface area contributed by atoms with Gasteiger partial charge in [0.2, 0.25) is 0 Å². The molecule has 0 fully saturated rings. The molecule has 8 heteroatoms. The summed E-state index contributed by atoms with van der Waals surface area (Å²) in [7, 11) is 1.31. The lowest BCUT2D eigenvalue weighted by Gasteiger charge is -1.77. The summed E-state index contributed by atoms with van der Waals surface area (Å²) >= 11 is 7.83. The number of nitriles is 2. The van der Waals surface area contributed by atoms with Crippen molar-refractivity contribution in [3.05, 3.63) is 0 Å². The highest BCUT2D eigenvalue weighted by molar-refractivity contribution is 9.38. The van der Waals surface area contributed by atoms with Crippen molar-refractivity contribution < 1.29 is 0 Å². The molecule has 0 aromatic heterocycles. The predicted molar refractivity (Wildman–Crippen MR) is 59.1 cm³/mol. The lowest BCUT2D eigenvalue weighted by atomic mass is 11.8. The van der Waals surface area contributed by atoms with Gasteiger partial charge >= 0.3 is 10.8 Å². The van der Waals surface area contributed by atoms with Gasteiger partial charge < -0.3 is 0 Å². The van der Waals surface area contributed by atoms with Gasteiger partial charge in [-0.1, -0.05) is 0 Å². The Bertz CT molecular complexity index is 148. The van der Waals surface area contributed by atoms with Crippen LogP contribution in [0.2, 0.25) is 0 Å². The summed E-state index contributed by atoms with van der Waals surface area (Å²) in [6.45, 7) is 0. The van der Waals surface area contributed by atoms with Gasteiger partial charge in [-0.05, 0) is 0 Å². The normalized spacial score (nSPS) is 14.8. The molecular weight excluding hydrogens is 244 g/mol. The van der Waals surface area contributed by atoms with E-state index in [0.717, 1.165) is 0 Å². The van der Waals surface area contributed by atoms with Gasteiger partial charge in [0, 0.05) is 0 Å². The van der Waals surface area contributed by atoms with Crippen LogP contribution in [0, 0.1) is 21.3 Å². The molecule has 0 spiro atoms. The molecule has 0 radical (unpaired) electrons. The van der Waals surface area contributed by atoms with E-state index in [1.807, 2.05) is 10.8 Å². The van der Waals surface area contributed by atoms with Gasteiger partial charge in [0.1, 0.15) is 23.3 Å². The van der Waals surface area contributed by atoms with Crippen LogP contribution in [0.15, 0.2) is 0 Å². The molecule has 2 unspecified atom stereocenters. The molecular formula is C2H2N2S6+2. The van der Waals surface area contributed by atoms with Crippen molar-refractivity contribution in [2.24, 2.45) is 0 Å². The predicted octanol–water partition coefficient (Wildman–Crippen LogP) is 2.09. The maximum atomic E-state index is 8.27. The van der Waals surface area contributed by atoms with Gasteiger partial charge in [-0.25, -0.2) is 0 Å². The second-order valence-electron chi connectivity index (χ2n) is 0.817. The summed E-state index contributed by atoms with van der Waals surface area (Å²) in [5, 5.41) is 20.4. The molecule has 0 saturated heterocycles. The Hall–Kier alpha value is 1.08. The number of thiocyanates is 2. The van der Waals surface area contributed by atoms with Gasteiger partial charge in [0.15, 0.2) is 0 Å². The first-order valence-electron chi connectivity index (χ1n) is 1.72. The van der Waals surface area contributed by atoms with E-state index in [1.165, 1.54) is 19.7 Å². The summed E-state index contributed by atoms with van der Waals surface area (Å²) in [6.07, 6.45) is 0. The number of hydrogen-bond acceptors (Lipinski definition) is 6. The molecule has 54 valence electrons. The van der Waals surface area contributed by atoms with Crippen LogP contribution < -0.4 is 0 Å². The van der Waals surface area contributed by atoms with Crippen LogP contribution in [0.5, 0.6) is 0 Å². The topological polar surface area (TPSA) is 47.6 Å². The molecule has 2 nitrogen and oxygen atoms in total. The number of thiol groups is 2. The molecule has 0 saturated carbocycles. The Morgan fingerprint density at radius 3 is 1.50 bits per heavy atom. The molecule has 0 amide bonds. The monoisotopic (exact) mass is 246 g/mol. The van der Waals surface area contributed by atoms with Crippen molar-refractivity contribution in [2.75, 3.05) is 0 Å². The SMILES string of the molecule is N#C[S+](S)SS[S+](S)C#N. The average Bonchev–Trinajstić information content (AvgIpc) is 1.99. The zero-order chi connectivity index (χ0) is 7.98. The minimum atomic E-state index is -0.613. The summed E-state index contributed by atoms with van der Waals surface area (Å²) in [5.41, 5.74) is 0. The van der Waals surface area contributed by atoms with Gasteiger partial charge in [-0.2, -0.15) is 0 Å². The molecule has 2 atom stereocenters. The molecule has 0 aliphatic rings. The summed E-state index contributed by atoms with van der Waals surface area (Å²) in [5.74, 6) is 0. The van der Waals surface area contributed by atoms with Crippen LogP contribution in [-0.2, 0) is 17.9 Å². The fourth-order valence-electron chi connectivity index (χ4n) is 0.0831. The Kier molecular flexibility index (Phi) is 7.50. The molecule has 0 N–H and O–H groups in total. The Morgan fingerprint density at radius 1 is 1.00 bits per heavy atom. The van der Waals surface area contributed by atoms with Gasteiger partial charge in [0.25, 0.3) is 37.6 Å². The zero-order valence-corrected chi connectivity index (χ0v) is 9.48. The molecule has 0 aliphatic carbocycles.